The molecule has 0 bridgehead atoms. The van der Waals surface area contributed by atoms with Crippen molar-refractivity contribution in [1.29, 1.82) is 5.26 Å². The zero-order valence-electron chi connectivity index (χ0n) is 20.9. The molecule has 2 heterocycles. The number of rotatable bonds is 7. The molecule has 0 saturated carbocycles. The molecule has 0 atom stereocenters. The number of benzene rings is 2. The van der Waals surface area contributed by atoms with Gasteiger partial charge in [-0.15, -0.1) is 0 Å². The quantitative estimate of drug-likeness (QED) is 0.362. The number of hydrogen-bond acceptors (Lipinski definition) is 8. The van der Waals surface area contributed by atoms with Crippen LogP contribution in [-0.2, 0) is 6.18 Å². The van der Waals surface area contributed by atoms with Crippen molar-refractivity contribution in [3.05, 3.63) is 64.6 Å². The summed E-state index contributed by atoms with van der Waals surface area (Å²) in [6.07, 6.45) is -2.94. The van der Waals surface area contributed by atoms with Crippen molar-refractivity contribution in [3.63, 3.8) is 0 Å². The van der Waals surface area contributed by atoms with Crippen molar-refractivity contribution in [3.8, 4) is 23.4 Å². The molecule has 1 aromatic heterocycles. The average molecular weight is 545 g/mol. The van der Waals surface area contributed by atoms with E-state index in [2.05, 4.69) is 25.9 Å². The summed E-state index contributed by atoms with van der Waals surface area (Å²) in [5, 5.41) is 17.9. The number of carbonyl (C=O) groups is 1. The van der Waals surface area contributed by atoms with Gasteiger partial charge in [-0.1, -0.05) is 6.07 Å². The predicted molar refractivity (Wildman–Crippen MR) is 133 cm³/mol. The Kier molecular flexibility index (Phi) is 8.15. The van der Waals surface area contributed by atoms with Crippen LogP contribution in [0.4, 0.5) is 29.2 Å². The lowest BCUT2D eigenvalue weighted by Gasteiger charge is -2.24. The van der Waals surface area contributed by atoms with E-state index < -0.39 is 29.3 Å². The molecule has 4 rings (SSSR count). The molecule has 0 aliphatic carbocycles. The Balaban J connectivity index is 1.64. The van der Waals surface area contributed by atoms with Crippen LogP contribution in [0.1, 0.15) is 39.9 Å². The zero-order valence-corrected chi connectivity index (χ0v) is 20.9. The smallest absolute Gasteiger partial charge is 0.423 e. The summed E-state index contributed by atoms with van der Waals surface area (Å²) in [5.41, 5.74) is -0.913. The summed E-state index contributed by atoms with van der Waals surface area (Å²) in [7, 11) is 1.29. The molecule has 2 aromatic carbocycles. The summed E-state index contributed by atoms with van der Waals surface area (Å²) in [6, 6.07) is 8.33. The number of nitriles is 1. The first-order valence-corrected chi connectivity index (χ1v) is 11.9. The lowest BCUT2D eigenvalue weighted by atomic mass is 10.1. The van der Waals surface area contributed by atoms with Gasteiger partial charge in [-0.3, -0.25) is 4.79 Å². The van der Waals surface area contributed by atoms with Crippen molar-refractivity contribution < 1.29 is 31.8 Å². The maximum atomic E-state index is 15.0. The number of hydrogen-bond donors (Lipinski definition) is 3. The highest BCUT2D eigenvalue weighted by Gasteiger charge is 2.37. The Hall–Kier alpha value is -4.44. The van der Waals surface area contributed by atoms with Gasteiger partial charge < -0.3 is 25.4 Å². The third-order valence-electron chi connectivity index (χ3n) is 5.98. The summed E-state index contributed by atoms with van der Waals surface area (Å²) >= 11 is 0. The highest BCUT2D eigenvalue weighted by Crippen LogP contribution is 2.38. The lowest BCUT2D eigenvalue weighted by Crippen LogP contribution is -2.42. The fraction of sp³-hybridized carbons (Fsp3) is 0.308. The molecule has 13 heteroatoms. The Labute approximate surface area is 221 Å². The van der Waals surface area contributed by atoms with Crippen LogP contribution in [-0.4, -0.2) is 42.1 Å². The van der Waals surface area contributed by atoms with Crippen LogP contribution in [0, 0.1) is 24.1 Å². The van der Waals surface area contributed by atoms with E-state index in [0.29, 0.717) is 24.6 Å². The standard InChI is InChI=1S/C26H24F4N6O3/c1-14-3-4-15(12-31)21(9-14)39-24-18(26(28,29)30)13-33-25(36-24)35-20-11-19(27)17(10-22(20)38-2)23(37)34-16-5-7-32-8-6-16/h3-4,9-11,13,16,32H,5-8H2,1-2H3,(H,34,37)(H,33,35,36). The molecule has 3 N–H and O–H groups in total. The number of piperidine rings is 1. The summed E-state index contributed by atoms with van der Waals surface area (Å²) in [6.45, 7) is 3.16. The van der Waals surface area contributed by atoms with Crippen molar-refractivity contribution in [2.45, 2.75) is 32.0 Å². The number of amides is 1. The molecule has 1 amide bonds. The van der Waals surface area contributed by atoms with Crippen LogP contribution in [0.3, 0.4) is 0 Å². The first-order valence-electron chi connectivity index (χ1n) is 11.9. The number of aromatic nitrogens is 2. The second kappa shape index (κ2) is 11.5. The molecule has 0 unspecified atom stereocenters. The summed E-state index contributed by atoms with van der Waals surface area (Å²) in [4.78, 5) is 20.2. The number of nitrogens with one attached hydrogen (secondary N) is 3. The zero-order chi connectivity index (χ0) is 28.2. The minimum atomic E-state index is -4.86. The van der Waals surface area contributed by atoms with E-state index in [1.165, 1.54) is 25.3 Å². The van der Waals surface area contributed by atoms with Gasteiger partial charge in [0.1, 0.15) is 28.9 Å². The van der Waals surface area contributed by atoms with Crippen molar-refractivity contribution >= 4 is 17.5 Å². The van der Waals surface area contributed by atoms with E-state index in [9.17, 15) is 27.6 Å². The number of carbonyl (C=O) groups excluding carboxylic acids is 1. The van der Waals surface area contributed by atoms with Crippen molar-refractivity contribution in [2.24, 2.45) is 0 Å². The minimum absolute atomic E-state index is 0.00365. The van der Waals surface area contributed by atoms with Crippen LogP contribution < -0.4 is 25.4 Å². The molecule has 3 aromatic rings. The normalized spacial score (nSPS) is 13.9. The molecular weight excluding hydrogens is 520 g/mol. The Bertz CT molecular complexity index is 1420. The molecular formula is C26H24F4N6O3. The predicted octanol–water partition coefficient (Wildman–Crippen LogP) is 4.84. The molecule has 1 aliphatic heterocycles. The molecule has 0 radical (unpaired) electrons. The monoisotopic (exact) mass is 544 g/mol. The second-order valence-electron chi connectivity index (χ2n) is 8.78. The van der Waals surface area contributed by atoms with Crippen LogP contribution >= 0.6 is 0 Å². The van der Waals surface area contributed by atoms with Gasteiger partial charge in [0.2, 0.25) is 11.8 Å². The Morgan fingerprint density at radius 3 is 2.59 bits per heavy atom. The molecule has 204 valence electrons. The van der Waals surface area contributed by atoms with Gasteiger partial charge in [-0.05, 0) is 56.6 Å². The number of anilines is 2. The van der Waals surface area contributed by atoms with Crippen LogP contribution in [0.5, 0.6) is 17.4 Å². The first kappa shape index (κ1) is 27.6. The molecule has 39 heavy (non-hydrogen) atoms. The topological polar surface area (TPSA) is 121 Å². The van der Waals surface area contributed by atoms with E-state index in [-0.39, 0.29) is 40.3 Å². The fourth-order valence-corrected chi connectivity index (χ4v) is 3.95. The lowest BCUT2D eigenvalue weighted by molar-refractivity contribution is -0.139. The van der Waals surface area contributed by atoms with Crippen molar-refractivity contribution in [1.82, 2.24) is 20.6 Å². The molecule has 1 aliphatic rings. The van der Waals surface area contributed by atoms with E-state index in [0.717, 1.165) is 19.2 Å². The minimum Gasteiger partial charge on any atom is -0.495 e. The molecule has 1 saturated heterocycles. The maximum Gasteiger partial charge on any atom is 0.423 e. The molecule has 0 spiro atoms. The maximum absolute atomic E-state index is 15.0. The summed E-state index contributed by atoms with van der Waals surface area (Å²) in [5.74, 6) is -2.82. The summed E-state index contributed by atoms with van der Waals surface area (Å²) < 4.78 is 66.7. The molecule has 1 fully saturated rings. The largest absolute Gasteiger partial charge is 0.495 e. The average Bonchev–Trinajstić information content (AvgIpc) is 2.89. The van der Waals surface area contributed by atoms with Gasteiger partial charge >= 0.3 is 6.18 Å². The van der Waals surface area contributed by atoms with Gasteiger partial charge in [0, 0.05) is 18.3 Å². The SMILES string of the molecule is COc1cc(C(=O)NC2CCNCC2)c(F)cc1Nc1ncc(C(F)(F)F)c(Oc2cc(C)ccc2C#N)n1. The molecule has 9 nitrogen and oxygen atoms in total. The van der Waals surface area contributed by atoms with E-state index in [1.54, 1.807) is 13.0 Å². The number of nitrogens with zero attached hydrogens (tertiary/aromatic N) is 3. The van der Waals surface area contributed by atoms with E-state index in [1.807, 2.05) is 6.07 Å². The van der Waals surface area contributed by atoms with E-state index >= 15 is 0 Å². The Morgan fingerprint density at radius 1 is 1.18 bits per heavy atom. The van der Waals surface area contributed by atoms with Gasteiger partial charge in [0.05, 0.1) is 23.9 Å². The first-order chi connectivity index (χ1) is 18.6. The second-order valence-corrected chi connectivity index (χ2v) is 8.78. The number of alkyl halides is 3. The third-order valence-corrected chi connectivity index (χ3v) is 5.98. The van der Waals surface area contributed by atoms with E-state index in [4.69, 9.17) is 9.47 Å². The van der Waals surface area contributed by atoms with Crippen LogP contribution in [0.25, 0.3) is 0 Å². The number of methoxy groups -OCH3 is 1. The third kappa shape index (κ3) is 6.53. The fourth-order valence-electron chi connectivity index (χ4n) is 3.95. The van der Waals surface area contributed by atoms with Gasteiger partial charge in [-0.25, -0.2) is 9.37 Å². The number of aryl methyl sites for hydroxylation is 1. The van der Waals surface area contributed by atoms with Gasteiger partial charge in [-0.2, -0.15) is 23.4 Å². The number of ether oxygens (including phenoxy) is 2. The van der Waals surface area contributed by atoms with Crippen LogP contribution in [0.15, 0.2) is 36.5 Å². The van der Waals surface area contributed by atoms with Crippen LogP contribution in [0.2, 0.25) is 0 Å². The Morgan fingerprint density at radius 2 is 1.92 bits per heavy atom. The highest BCUT2D eigenvalue weighted by atomic mass is 19.4. The highest BCUT2D eigenvalue weighted by molar-refractivity contribution is 5.96. The number of halogens is 4. The van der Waals surface area contributed by atoms with Crippen molar-refractivity contribution in [2.75, 3.05) is 25.5 Å². The van der Waals surface area contributed by atoms with Gasteiger partial charge in [0.15, 0.2) is 0 Å². The van der Waals surface area contributed by atoms with Gasteiger partial charge in [0.25, 0.3) is 5.91 Å².